The Morgan fingerprint density at radius 1 is 1.12 bits per heavy atom. The highest BCUT2D eigenvalue weighted by molar-refractivity contribution is 7.90. The lowest BCUT2D eigenvalue weighted by atomic mass is 10.0. The smallest absolute Gasteiger partial charge is 0.298 e. The molecule has 2 N–H and O–H groups in total. The van der Waals surface area contributed by atoms with Crippen LogP contribution in [0.4, 0.5) is 5.69 Å². The predicted octanol–water partition coefficient (Wildman–Crippen LogP) is 2.47. The second-order valence-electron chi connectivity index (χ2n) is 5.48. The number of hydrogen-bond donors (Lipinski definition) is 2. The number of benzene rings is 2. The molecule has 1 heterocycles. The third-order valence-corrected chi connectivity index (χ3v) is 4.90. The van der Waals surface area contributed by atoms with Crippen LogP contribution in [-0.4, -0.2) is 29.2 Å². The normalized spacial score (nSPS) is 16.5. The Hall–Kier alpha value is -2.45. The van der Waals surface area contributed by atoms with Crippen LogP contribution in [-0.2, 0) is 10.2 Å². The van der Waals surface area contributed by atoms with Crippen LogP contribution in [0.3, 0.4) is 0 Å². The van der Waals surface area contributed by atoms with Crippen LogP contribution in [0, 0.1) is 0 Å². The van der Waals surface area contributed by atoms with Gasteiger partial charge in [0.15, 0.2) is 0 Å². The van der Waals surface area contributed by atoms with Gasteiger partial charge in [-0.25, -0.2) is 4.72 Å². The molecule has 2 aromatic carbocycles. The second kappa shape index (κ2) is 7.20. The Kier molecular flexibility index (Phi) is 5.00. The molecule has 0 aliphatic carbocycles. The van der Waals surface area contributed by atoms with E-state index in [9.17, 15) is 8.42 Å². The van der Waals surface area contributed by atoms with Crippen molar-refractivity contribution in [2.45, 2.75) is 12.5 Å². The minimum atomic E-state index is -3.53. The van der Waals surface area contributed by atoms with Gasteiger partial charge in [0.05, 0.1) is 13.7 Å². The highest BCUT2D eigenvalue weighted by Crippen LogP contribution is 2.37. The summed E-state index contributed by atoms with van der Waals surface area (Å²) in [5.41, 5.74) is 1.42. The van der Waals surface area contributed by atoms with E-state index in [4.69, 9.17) is 14.2 Å². The quantitative estimate of drug-likeness (QED) is 0.822. The molecule has 0 radical (unpaired) electrons. The average molecular weight is 364 g/mol. The van der Waals surface area contributed by atoms with Crippen LogP contribution < -0.4 is 23.7 Å². The molecule has 1 unspecified atom stereocenters. The lowest BCUT2D eigenvalue weighted by molar-refractivity contribution is 0.136. The molecular weight excluding hydrogens is 344 g/mol. The van der Waals surface area contributed by atoms with Gasteiger partial charge in [0, 0.05) is 30.8 Å². The minimum Gasteiger partial charge on any atom is -0.497 e. The molecule has 0 spiro atoms. The van der Waals surface area contributed by atoms with E-state index < -0.39 is 10.2 Å². The molecule has 2 aromatic rings. The Morgan fingerprint density at radius 3 is 2.52 bits per heavy atom. The summed E-state index contributed by atoms with van der Waals surface area (Å²) >= 11 is 0. The summed E-state index contributed by atoms with van der Waals surface area (Å²) in [5.74, 6) is 2.15. The maximum Gasteiger partial charge on any atom is 0.298 e. The molecule has 0 saturated heterocycles. The van der Waals surface area contributed by atoms with E-state index in [2.05, 4.69) is 9.44 Å². The largest absolute Gasteiger partial charge is 0.497 e. The van der Waals surface area contributed by atoms with Crippen molar-refractivity contribution in [3.8, 4) is 17.2 Å². The fourth-order valence-corrected chi connectivity index (χ4v) is 3.11. The van der Waals surface area contributed by atoms with E-state index in [0.29, 0.717) is 18.0 Å². The van der Waals surface area contributed by atoms with Gasteiger partial charge in [-0.05, 0) is 36.4 Å². The molecular formula is C17H20N2O5S. The zero-order chi connectivity index (χ0) is 17.9. The van der Waals surface area contributed by atoms with E-state index in [1.54, 1.807) is 31.4 Å². The van der Waals surface area contributed by atoms with E-state index in [0.717, 1.165) is 23.5 Å². The third-order valence-electron chi connectivity index (χ3n) is 3.86. The number of nitrogens with one attached hydrogen (secondary N) is 2. The van der Waals surface area contributed by atoms with Crippen LogP contribution >= 0.6 is 0 Å². The number of anilines is 1. The molecule has 0 fully saturated rings. The van der Waals surface area contributed by atoms with Gasteiger partial charge in [-0.15, -0.1) is 0 Å². The van der Waals surface area contributed by atoms with Crippen molar-refractivity contribution in [2.24, 2.45) is 0 Å². The van der Waals surface area contributed by atoms with E-state index >= 15 is 0 Å². The number of ether oxygens (including phenoxy) is 3. The summed E-state index contributed by atoms with van der Waals surface area (Å²) < 4.78 is 44.5. The van der Waals surface area contributed by atoms with Crippen LogP contribution in [0.1, 0.15) is 18.1 Å². The van der Waals surface area contributed by atoms with Gasteiger partial charge >= 0.3 is 0 Å². The maximum absolute atomic E-state index is 11.5. The molecule has 8 heteroatoms. The molecule has 0 aromatic heterocycles. The number of hydrogen-bond acceptors (Lipinski definition) is 5. The standard InChI is InChI=1S/C17H20N2O5S/c1-18-25(20,21)19-12-3-5-13(6-4-12)24-16-9-10-23-17-11-14(22-2)7-8-15(16)17/h3-8,11,16,18-19H,9-10H2,1-2H3. The first-order chi connectivity index (χ1) is 12.0. The Labute approximate surface area is 147 Å². The third kappa shape index (κ3) is 4.15. The fraction of sp³-hybridized carbons (Fsp3) is 0.294. The topological polar surface area (TPSA) is 85.9 Å². The van der Waals surface area contributed by atoms with Crippen molar-refractivity contribution in [3.63, 3.8) is 0 Å². The van der Waals surface area contributed by atoms with E-state index in [-0.39, 0.29) is 6.10 Å². The summed E-state index contributed by atoms with van der Waals surface area (Å²) in [6, 6.07) is 12.4. The molecule has 25 heavy (non-hydrogen) atoms. The molecule has 134 valence electrons. The van der Waals surface area contributed by atoms with Crippen LogP contribution in [0.5, 0.6) is 17.2 Å². The fourth-order valence-electron chi connectivity index (χ4n) is 2.56. The Morgan fingerprint density at radius 2 is 1.84 bits per heavy atom. The van der Waals surface area contributed by atoms with Crippen molar-refractivity contribution in [3.05, 3.63) is 48.0 Å². The summed E-state index contributed by atoms with van der Waals surface area (Å²) in [6.45, 7) is 0.560. The molecule has 3 rings (SSSR count). The number of rotatable bonds is 6. The van der Waals surface area contributed by atoms with E-state index in [1.807, 2.05) is 18.2 Å². The average Bonchev–Trinajstić information content (AvgIpc) is 2.63. The summed E-state index contributed by atoms with van der Waals surface area (Å²) in [4.78, 5) is 0. The van der Waals surface area contributed by atoms with Crippen molar-refractivity contribution in [2.75, 3.05) is 25.5 Å². The van der Waals surface area contributed by atoms with Crippen LogP contribution in [0.2, 0.25) is 0 Å². The van der Waals surface area contributed by atoms with Gasteiger partial charge in [0.25, 0.3) is 10.2 Å². The molecule has 1 aliphatic heterocycles. The lowest BCUT2D eigenvalue weighted by Gasteiger charge is -2.27. The molecule has 0 saturated carbocycles. The van der Waals surface area contributed by atoms with Crippen molar-refractivity contribution in [1.29, 1.82) is 0 Å². The highest BCUT2D eigenvalue weighted by atomic mass is 32.2. The Balaban J connectivity index is 1.73. The molecule has 0 bridgehead atoms. The van der Waals surface area contributed by atoms with Gasteiger partial charge in [-0.3, -0.25) is 4.72 Å². The van der Waals surface area contributed by atoms with Crippen LogP contribution in [0.15, 0.2) is 42.5 Å². The first kappa shape index (κ1) is 17.4. The SMILES string of the molecule is CNS(=O)(=O)Nc1ccc(OC2CCOc3cc(OC)ccc32)cc1. The first-order valence-corrected chi connectivity index (χ1v) is 9.28. The van der Waals surface area contributed by atoms with Crippen molar-refractivity contribution >= 4 is 15.9 Å². The zero-order valence-electron chi connectivity index (χ0n) is 14.0. The summed E-state index contributed by atoms with van der Waals surface area (Å²) in [6.07, 6.45) is 0.600. The molecule has 1 atom stereocenters. The molecule has 7 nitrogen and oxygen atoms in total. The highest BCUT2D eigenvalue weighted by Gasteiger charge is 2.23. The minimum absolute atomic E-state index is 0.130. The van der Waals surface area contributed by atoms with Gasteiger partial charge in [-0.1, -0.05) is 0 Å². The monoisotopic (exact) mass is 364 g/mol. The van der Waals surface area contributed by atoms with Gasteiger partial charge in [0.1, 0.15) is 23.4 Å². The van der Waals surface area contributed by atoms with Crippen molar-refractivity contribution in [1.82, 2.24) is 4.72 Å². The maximum atomic E-state index is 11.5. The summed E-state index contributed by atoms with van der Waals surface area (Å²) in [5, 5.41) is 0. The van der Waals surface area contributed by atoms with Gasteiger partial charge < -0.3 is 14.2 Å². The van der Waals surface area contributed by atoms with Gasteiger partial charge in [0.2, 0.25) is 0 Å². The second-order valence-corrected chi connectivity index (χ2v) is 7.10. The number of methoxy groups -OCH3 is 1. The Bertz CT molecular complexity index is 837. The molecule has 1 aliphatic rings. The van der Waals surface area contributed by atoms with Crippen LogP contribution in [0.25, 0.3) is 0 Å². The zero-order valence-corrected chi connectivity index (χ0v) is 14.8. The molecule has 0 amide bonds. The van der Waals surface area contributed by atoms with Gasteiger partial charge in [-0.2, -0.15) is 8.42 Å². The van der Waals surface area contributed by atoms with Crippen molar-refractivity contribution < 1.29 is 22.6 Å². The van der Waals surface area contributed by atoms with E-state index in [1.165, 1.54) is 7.05 Å². The predicted molar refractivity (Wildman–Crippen MR) is 94.5 cm³/mol. The summed E-state index contributed by atoms with van der Waals surface area (Å²) in [7, 11) is -0.570. The lowest BCUT2D eigenvalue weighted by Crippen LogP contribution is -2.26. The number of fused-ring (bicyclic) bond motifs is 1. The first-order valence-electron chi connectivity index (χ1n) is 7.79.